The molecule has 58 valence electrons. The van der Waals surface area contributed by atoms with Crippen LogP contribution in [0, 0.1) is 0 Å². The van der Waals surface area contributed by atoms with Crippen molar-refractivity contribution in [3.63, 3.8) is 0 Å². The molecule has 0 aliphatic carbocycles. The van der Waals surface area contributed by atoms with Crippen molar-refractivity contribution in [3.8, 4) is 0 Å². The fourth-order valence-corrected chi connectivity index (χ4v) is 0.364. The van der Waals surface area contributed by atoms with Crippen LogP contribution in [0.15, 0.2) is 35.8 Å². The Bertz CT molecular complexity index is 121. The molecule has 0 saturated heterocycles. The Morgan fingerprint density at radius 2 is 1.80 bits per heavy atom. The summed E-state index contributed by atoms with van der Waals surface area (Å²) in [5, 5.41) is 0. The van der Waals surface area contributed by atoms with Gasteiger partial charge in [-0.25, -0.2) is 0 Å². The molecular formula is C9H16S. The lowest BCUT2D eigenvalue weighted by atomic mass is 10.4. The van der Waals surface area contributed by atoms with E-state index >= 15 is 0 Å². The highest BCUT2D eigenvalue weighted by Crippen LogP contribution is 1.95. The molecule has 0 aromatic heterocycles. The van der Waals surface area contributed by atoms with E-state index in [1.54, 1.807) is 0 Å². The van der Waals surface area contributed by atoms with E-state index in [1.807, 2.05) is 45.1 Å². The van der Waals surface area contributed by atoms with Crippen molar-refractivity contribution in [1.29, 1.82) is 0 Å². The van der Waals surface area contributed by atoms with E-state index in [2.05, 4.69) is 19.2 Å². The van der Waals surface area contributed by atoms with Crippen LogP contribution in [-0.2, 0) is 0 Å². The minimum atomic E-state index is 0.781. The normalized spacial score (nSPS) is 9.60. The van der Waals surface area contributed by atoms with Crippen molar-refractivity contribution in [1.82, 2.24) is 0 Å². The average Bonchev–Trinajstić information content (AvgIpc) is 1.92. The Labute approximate surface area is 69.8 Å². The van der Waals surface area contributed by atoms with Gasteiger partial charge in [0, 0.05) is 0 Å². The van der Waals surface area contributed by atoms with Crippen LogP contribution >= 0.6 is 12.6 Å². The molecule has 0 bridgehead atoms. The van der Waals surface area contributed by atoms with E-state index in [9.17, 15) is 0 Å². The lowest BCUT2D eigenvalue weighted by Gasteiger charge is -1.77. The van der Waals surface area contributed by atoms with Gasteiger partial charge in [0.2, 0.25) is 0 Å². The summed E-state index contributed by atoms with van der Waals surface area (Å²) in [7, 11) is 0. The fraction of sp³-hybridized carbons (Fsp3) is 0.333. The minimum absolute atomic E-state index is 0.781. The lowest BCUT2D eigenvalue weighted by molar-refractivity contribution is 1.50. The van der Waals surface area contributed by atoms with E-state index in [4.69, 9.17) is 0 Å². The van der Waals surface area contributed by atoms with Gasteiger partial charge in [0.05, 0.1) is 0 Å². The molecule has 0 fully saturated rings. The van der Waals surface area contributed by atoms with Crippen LogP contribution in [0.1, 0.15) is 20.8 Å². The molecule has 0 N–H and O–H groups in total. The maximum atomic E-state index is 3.96. The lowest BCUT2D eigenvalue weighted by Crippen LogP contribution is -1.52. The number of hydrogen-bond acceptors (Lipinski definition) is 1. The van der Waals surface area contributed by atoms with Gasteiger partial charge in [0.1, 0.15) is 0 Å². The predicted molar refractivity (Wildman–Crippen MR) is 53.4 cm³/mol. The third kappa shape index (κ3) is 15.6. The summed E-state index contributed by atoms with van der Waals surface area (Å²) in [6.07, 6.45) is 7.62. The van der Waals surface area contributed by atoms with Crippen molar-refractivity contribution in [2.24, 2.45) is 0 Å². The van der Waals surface area contributed by atoms with Crippen molar-refractivity contribution in [3.05, 3.63) is 35.8 Å². The molecule has 0 radical (unpaired) electrons. The van der Waals surface area contributed by atoms with Crippen LogP contribution in [0.2, 0.25) is 0 Å². The highest BCUT2D eigenvalue weighted by atomic mass is 32.1. The molecule has 0 atom stereocenters. The van der Waals surface area contributed by atoms with Crippen LogP contribution < -0.4 is 0 Å². The zero-order valence-corrected chi connectivity index (χ0v) is 7.86. The van der Waals surface area contributed by atoms with Crippen molar-refractivity contribution in [2.75, 3.05) is 0 Å². The van der Waals surface area contributed by atoms with Gasteiger partial charge in [0.25, 0.3) is 0 Å². The van der Waals surface area contributed by atoms with E-state index in [1.165, 1.54) is 0 Å². The third-order valence-corrected chi connectivity index (χ3v) is 0.741. The Morgan fingerprint density at radius 3 is 2.10 bits per heavy atom. The molecule has 10 heavy (non-hydrogen) atoms. The van der Waals surface area contributed by atoms with Crippen molar-refractivity contribution >= 4 is 12.6 Å². The quantitative estimate of drug-likeness (QED) is 0.458. The SMILES string of the molecule is C=C(S)/C=C\C=C/C.CC. The smallest absolute Gasteiger partial charge is 0.00320 e. The molecule has 0 aliphatic heterocycles. The van der Waals surface area contributed by atoms with Crippen molar-refractivity contribution < 1.29 is 0 Å². The summed E-state index contributed by atoms with van der Waals surface area (Å²) in [4.78, 5) is 0.781. The summed E-state index contributed by atoms with van der Waals surface area (Å²) < 4.78 is 0. The fourth-order valence-electron chi connectivity index (χ4n) is 0.278. The molecular weight excluding hydrogens is 140 g/mol. The largest absolute Gasteiger partial charge is 0.144 e. The van der Waals surface area contributed by atoms with Gasteiger partial charge in [-0.3, -0.25) is 0 Å². The summed E-state index contributed by atoms with van der Waals surface area (Å²) in [5.41, 5.74) is 0. The Morgan fingerprint density at radius 1 is 1.30 bits per heavy atom. The molecule has 0 aromatic carbocycles. The molecule has 0 nitrogen and oxygen atoms in total. The molecule has 1 heteroatoms. The number of allylic oxidation sites excluding steroid dienone is 4. The number of hydrogen-bond donors (Lipinski definition) is 1. The van der Waals surface area contributed by atoms with E-state index in [0.29, 0.717) is 0 Å². The molecule has 0 rings (SSSR count). The minimum Gasteiger partial charge on any atom is -0.144 e. The van der Waals surface area contributed by atoms with Gasteiger partial charge in [0.15, 0.2) is 0 Å². The first-order valence-corrected chi connectivity index (χ1v) is 3.89. The predicted octanol–water partition coefficient (Wildman–Crippen LogP) is 3.59. The van der Waals surface area contributed by atoms with Crippen LogP contribution in [-0.4, -0.2) is 0 Å². The van der Waals surface area contributed by atoms with Gasteiger partial charge in [-0.1, -0.05) is 38.7 Å². The van der Waals surface area contributed by atoms with E-state index in [0.717, 1.165) is 4.91 Å². The molecule has 0 saturated carbocycles. The Hall–Kier alpha value is -0.430. The second-order valence-corrected chi connectivity index (χ2v) is 1.95. The zero-order valence-electron chi connectivity index (χ0n) is 6.96. The average molecular weight is 156 g/mol. The summed E-state index contributed by atoms with van der Waals surface area (Å²) >= 11 is 3.96. The highest BCUT2D eigenvalue weighted by Gasteiger charge is 1.67. The zero-order chi connectivity index (χ0) is 8.41. The second kappa shape index (κ2) is 11.4. The number of rotatable bonds is 2. The van der Waals surface area contributed by atoms with Gasteiger partial charge >= 0.3 is 0 Å². The van der Waals surface area contributed by atoms with Crippen LogP contribution in [0.5, 0.6) is 0 Å². The standard InChI is InChI=1S/C7H10S.C2H6/c1-3-4-5-6-7(2)8;1-2/h3-6,8H,2H2,1H3;1-2H3/b4-3-,6-5-;. The Balaban J connectivity index is 0. The van der Waals surface area contributed by atoms with Gasteiger partial charge in [-0.15, -0.1) is 12.6 Å². The first kappa shape index (κ1) is 12.3. The Kier molecular flexibility index (Phi) is 14.0. The molecule has 0 heterocycles. The second-order valence-electron chi connectivity index (χ2n) is 1.38. The molecule has 0 aromatic rings. The maximum Gasteiger partial charge on any atom is -0.00320 e. The van der Waals surface area contributed by atoms with Crippen LogP contribution in [0.25, 0.3) is 0 Å². The van der Waals surface area contributed by atoms with Crippen molar-refractivity contribution in [2.45, 2.75) is 20.8 Å². The van der Waals surface area contributed by atoms with Crippen LogP contribution in [0.3, 0.4) is 0 Å². The van der Waals surface area contributed by atoms with Crippen LogP contribution in [0.4, 0.5) is 0 Å². The van der Waals surface area contributed by atoms with E-state index < -0.39 is 0 Å². The first-order valence-electron chi connectivity index (χ1n) is 3.44. The third-order valence-electron chi connectivity index (χ3n) is 0.592. The van der Waals surface area contributed by atoms with E-state index in [-0.39, 0.29) is 0 Å². The highest BCUT2D eigenvalue weighted by molar-refractivity contribution is 7.84. The molecule has 0 aliphatic rings. The molecule has 0 spiro atoms. The maximum absolute atomic E-state index is 3.96. The molecule has 0 unspecified atom stereocenters. The van der Waals surface area contributed by atoms with Gasteiger partial charge < -0.3 is 0 Å². The first-order chi connectivity index (χ1) is 4.77. The topological polar surface area (TPSA) is 0 Å². The van der Waals surface area contributed by atoms with Gasteiger partial charge in [-0.05, 0) is 17.9 Å². The number of thiol groups is 1. The monoisotopic (exact) mass is 156 g/mol. The van der Waals surface area contributed by atoms with Gasteiger partial charge in [-0.2, -0.15) is 0 Å². The summed E-state index contributed by atoms with van der Waals surface area (Å²) in [5.74, 6) is 0. The summed E-state index contributed by atoms with van der Waals surface area (Å²) in [6.45, 7) is 9.53. The summed E-state index contributed by atoms with van der Waals surface area (Å²) in [6, 6.07) is 0. The molecule has 0 amide bonds.